The lowest BCUT2D eigenvalue weighted by Gasteiger charge is -2.19. The lowest BCUT2D eigenvalue weighted by molar-refractivity contribution is -0.126. The lowest BCUT2D eigenvalue weighted by Crippen LogP contribution is -2.32. The van der Waals surface area contributed by atoms with Crippen LogP contribution in [0.15, 0.2) is 48.5 Å². The first-order valence-electron chi connectivity index (χ1n) is 8.04. The molecular formula is C19H19FN2O3. The Morgan fingerprint density at radius 2 is 1.96 bits per heavy atom. The molecule has 1 N–H and O–H groups in total. The highest BCUT2D eigenvalue weighted by atomic mass is 19.1. The van der Waals surface area contributed by atoms with E-state index in [4.69, 9.17) is 4.74 Å². The summed E-state index contributed by atoms with van der Waals surface area (Å²) in [6.45, 7) is 0.382. The second-order valence-electron chi connectivity index (χ2n) is 5.89. The first-order valence-corrected chi connectivity index (χ1v) is 8.04. The van der Waals surface area contributed by atoms with Gasteiger partial charge in [-0.25, -0.2) is 4.39 Å². The Morgan fingerprint density at radius 1 is 1.24 bits per heavy atom. The Bertz CT molecular complexity index is 794. The van der Waals surface area contributed by atoms with Gasteiger partial charge in [-0.2, -0.15) is 0 Å². The number of ether oxygens (including phenoxy) is 1. The van der Waals surface area contributed by atoms with Crippen molar-refractivity contribution in [2.45, 2.75) is 13.0 Å². The van der Waals surface area contributed by atoms with Gasteiger partial charge in [0.15, 0.2) is 0 Å². The van der Waals surface area contributed by atoms with Crippen LogP contribution in [-0.4, -0.2) is 25.5 Å². The monoisotopic (exact) mass is 342 g/mol. The summed E-state index contributed by atoms with van der Waals surface area (Å²) in [5.74, 6) is -0.627. The van der Waals surface area contributed by atoms with Crippen molar-refractivity contribution in [1.29, 1.82) is 0 Å². The number of rotatable bonds is 5. The fraction of sp³-hybridized carbons (Fsp3) is 0.263. The molecule has 2 aromatic carbocycles. The maximum Gasteiger partial charge on any atom is 0.227 e. The largest absolute Gasteiger partial charge is 0.495 e. The number of carbonyl (C=O) groups excluding carboxylic acids is 2. The van der Waals surface area contributed by atoms with E-state index in [0.29, 0.717) is 17.0 Å². The molecule has 3 rings (SSSR count). The molecule has 0 aromatic heterocycles. The molecule has 2 amide bonds. The number of nitrogens with one attached hydrogen (secondary N) is 1. The molecule has 2 aromatic rings. The third-order valence-electron chi connectivity index (χ3n) is 4.28. The van der Waals surface area contributed by atoms with Crippen molar-refractivity contribution in [1.82, 2.24) is 5.32 Å². The molecule has 0 spiro atoms. The highest BCUT2D eigenvalue weighted by Gasteiger charge is 2.36. The standard InChI is InChI=1S/C19H19FN2O3/c1-25-17-9-5-4-8-16(17)22-12-14(10-18(22)23)19(24)21-11-13-6-2-3-7-15(13)20/h2-9,14H,10-12H2,1H3,(H,21,24). The van der Waals surface area contributed by atoms with E-state index in [-0.39, 0.29) is 37.1 Å². The van der Waals surface area contributed by atoms with E-state index in [2.05, 4.69) is 5.32 Å². The fourth-order valence-electron chi connectivity index (χ4n) is 2.94. The number of methoxy groups -OCH3 is 1. The van der Waals surface area contributed by atoms with Crippen molar-refractivity contribution in [2.24, 2.45) is 5.92 Å². The van der Waals surface area contributed by atoms with Gasteiger partial charge in [0.05, 0.1) is 18.7 Å². The summed E-state index contributed by atoms with van der Waals surface area (Å²) in [5, 5.41) is 2.71. The van der Waals surface area contributed by atoms with Gasteiger partial charge in [0, 0.05) is 25.1 Å². The van der Waals surface area contributed by atoms with Gasteiger partial charge < -0.3 is 15.0 Å². The Morgan fingerprint density at radius 3 is 2.72 bits per heavy atom. The van der Waals surface area contributed by atoms with E-state index in [1.54, 1.807) is 35.2 Å². The van der Waals surface area contributed by atoms with Gasteiger partial charge in [0.1, 0.15) is 11.6 Å². The molecule has 1 fully saturated rings. The average molecular weight is 342 g/mol. The normalized spacial score (nSPS) is 16.8. The van der Waals surface area contributed by atoms with E-state index in [0.717, 1.165) is 0 Å². The second-order valence-corrected chi connectivity index (χ2v) is 5.89. The minimum Gasteiger partial charge on any atom is -0.495 e. The molecule has 1 atom stereocenters. The SMILES string of the molecule is COc1ccccc1N1CC(C(=O)NCc2ccccc2F)CC1=O. The fourth-order valence-corrected chi connectivity index (χ4v) is 2.94. The van der Waals surface area contributed by atoms with Crippen LogP contribution in [-0.2, 0) is 16.1 Å². The van der Waals surface area contributed by atoms with Crippen molar-refractivity contribution < 1.29 is 18.7 Å². The zero-order valence-corrected chi connectivity index (χ0v) is 13.9. The van der Waals surface area contributed by atoms with Gasteiger partial charge in [-0.15, -0.1) is 0 Å². The minimum atomic E-state index is -0.468. The summed E-state index contributed by atoms with van der Waals surface area (Å²) in [5.41, 5.74) is 1.07. The number of nitrogens with zero attached hydrogens (tertiary/aromatic N) is 1. The topological polar surface area (TPSA) is 58.6 Å². The van der Waals surface area contributed by atoms with Crippen molar-refractivity contribution in [3.63, 3.8) is 0 Å². The van der Waals surface area contributed by atoms with Crippen LogP contribution in [0.1, 0.15) is 12.0 Å². The number of para-hydroxylation sites is 2. The van der Waals surface area contributed by atoms with Crippen LogP contribution in [0.2, 0.25) is 0 Å². The molecule has 0 aliphatic carbocycles. The van der Waals surface area contributed by atoms with E-state index in [1.165, 1.54) is 13.2 Å². The number of hydrogen-bond acceptors (Lipinski definition) is 3. The quantitative estimate of drug-likeness (QED) is 0.908. The zero-order chi connectivity index (χ0) is 17.8. The van der Waals surface area contributed by atoms with E-state index in [1.807, 2.05) is 12.1 Å². The maximum atomic E-state index is 13.6. The van der Waals surface area contributed by atoms with Gasteiger partial charge in [-0.1, -0.05) is 30.3 Å². The van der Waals surface area contributed by atoms with Gasteiger partial charge in [-0.3, -0.25) is 9.59 Å². The summed E-state index contributed by atoms with van der Waals surface area (Å²) in [6, 6.07) is 13.5. The first kappa shape index (κ1) is 17.0. The van der Waals surface area contributed by atoms with Crippen molar-refractivity contribution in [3.8, 4) is 5.75 Å². The average Bonchev–Trinajstić information content (AvgIpc) is 3.02. The van der Waals surface area contributed by atoms with E-state index >= 15 is 0 Å². The van der Waals surface area contributed by atoms with Crippen LogP contribution in [0.25, 0.3) is 0 Å². The summed E-state index contributed by atoms with van der Waals surface area (Å²) >= 11 is 0. The molecular weight excluding hydrogens is 323 g/mol. The molecule has 1 aliphatic rings. The molecule has 0 bridgehead atoms. The van der Waals surface area contributed by atoms with Crippen LogP contribution in [0.5, 0.6) is 5.75 Å². The summed E-state index contributed by atoms with van der Waals surface area (Å²) in [4.78, 5) is 26.2. The zero-order valence-electron chi connectivity index (χ0n) is 13.9. The summed E-state index contributed by atoms with van der Waals surface area (Å²) < 4.78 is 18.9. The molecule has 1 heterocycles. The molecule has 25 heavy (non-hydrogen) atoms. The predicted octanol–water partition coefficient (Wildman–Crippen LogP) is 2.50. The number of hydrogen-bond donors (Lipinski definition) is 1. The third-order valence-corrected chi connectivity index (χ3v) is 4.28. The molecule has 6 heteroatoms. The van der Waals surface area contributed by atoms with Crippen molar-refractivity contribution >= 4 is 17.5 Å². The van der Waals surface area contributed by atoms with Gasteiger partial charge in [0.25, 0.3) is 0 Å². The summed E-state index contributed by atoms with van der Waals surface area (Å²) in [7, 11) is 1.54. The smallest absolute Gasteiger partial charge is 0.227 e. The third kappa shape index (κ3) is 3.63. The van der Waals surface area contributed by atoms with Crippen molar-refractivity contribution in [2.75, 3.05) is 18.6 Å². The highest BCUT2D eigenvalue weighted by molar-refractivity contribution is 6.01. The van der Waals surface area contributed by atoms with Crippen LogP contribution >= 0.6 is 0 Å². The Balaban J connectivity index is 1.66. The van der Waals surface area contributed by atoms with Gasteiger partial charge in [0.2, 0.25) is 11.8 Å². The molecule has 130 valence electrons. The van der Waals surface area contributed by atoms with E-state index < -0.39 is 5.92 Å². The maximum absolute atomic E-state index is 13.6. The van der Waals surface area contributed by atoms with Crippen LogP contribution < -0.4 is 15.0 Å². The molecule has 1 saturated heterocycles. The Kier molecular flexibility index (Phi) is 4.97. The second kappa shape index (κ2) is 7.34. The number of amides is 2. The van der Waals surface area contributed by atoms with Gasteiger partial charge in [-0.05, 0) is 18.2 Å². The number of carbonyl (C=O) groups is 2. The molecule has 1 unspecified atom stereocenters. The minimum absolute atomic E-state index is 0.102. The van der Waals surface area contributed by atoms with Crippen LogP contribution in [0.4, 0.5) is 10.1 Å². The Labute approximate surface area is 145 Å². The molecule has 0 saturated carbocycles. The predicted molar refractivity (Wildman–Crippen MR) is 91.7 cm³/mol. The lowest BCUT2D eigenvalue weighted by atomic mass is 10.1. The molecule has 5 nitrogen and oxygen atoms in total. The van der Waals surface area contributed by atoms with Crippen LogP contribution in [0.3, 0.4) is 0 Å². The number of benzene rings is 2. The van der Waals surface area contributed by atoms with E-state index in [9.17, 15) is 14.0 Å². The molecule has 0 radical (unpaired) electrons. The van der Waals surface area contributed by atoms with Crippen LogP contribution in [0, 0.1) is 11.7 Å². The summed E-state index contributed by atoms with van der Waals surface area (Å²) in [6.07, 6.45) is 0.126. The highest BCUT2D eigenvalue weighted by Crippen LogP contribution is 2.32. The molecule has 1 aliphatic heterocycles. The number of halogens is 1. The Hall–Kier alpha value is -2.89. The van der Waals surface area contributed by atoms with Gasteiger partial charge >= 0.3 is 0 Å². The van der Waals surface area contributed by atoms with Crippen molar-refractivity contribution in [3.05, 3.63) is 59.9 Å². The number of anilines is 1. The first-order chi connectivity index (χ1) is 12.1.